The van der Waals surface area contributed by atoms with Crippen molar-refractivity contribution in [1.82, 2.24) is 25.3 Å². The predicted molar refractivity (Wildman–Crippen MR) is 132 cm³/mol. The molecule has 3 aromatic heterocycles. The van der Waals surface area contributed by atoms with Gasteiger partial charge in [-0.25, -0.2) is 19.9 Å². The smallest absolute Gasteiger partial charge is 0.253 e. The molecule has 0 aromatic carbocycles. The number of hydrogen-bond donors (Lipinski definition) is 4. The first-order valence-electron chi connectivity index (χ1n) is 11.8. The van der Waals surface area contributed by atoms with Crippen molar-refractivity contribution in [2.45, 2.75) is 43.9 Å². The van der Waals surface area contributed by atoms with Crippen LogP contribution in [-0.2, 0) is 9.53 Å². The molecular formula is C24H28ClN7O3. The number of nitrogens with one attached hydrogen (secondary N) is 3. The fraction of sp³-hybridized carbons (Fsp3) is 0.458. The van der Waals surface area contributed by atoms with Crippen LogP contribution < -0.4 is 16.0 Å². The highest BCUT2D eigenvalue weighted by Gasteiger charge is 2.26. The molecule has 1 amide bonds. The summed E-state index contributed by atoms with van der Waals surface area (Å²) in [5.41, 5.74) is 1.07. The molecule has 5 rings (SSSR count). The second-order valence-corrected chi connectivity index (χ2v) is 9.46. The van der Waals surface area contributed by atoms with Crippen LogP contribution in [0.15, 0.2) is 36.8 Å². The first-order valence-corrected chi connectivity index (χ1v) is 12.2. The van der Waals surface area contributed by atoms with Crippen LogP contribution in [0.3, 0.4) is 0 Å². The molecule has 4 N–H and O–H groups in total. The number of fused-ring (bicyclic) bond motifs is 1. The third kappa shape index (κ3) is 5.77. The highest BCUT2D eigenvalue weighted by atomic mass is 35.5. The normalized spacial score (nSPS) is 21.2. The maximum absolute atomic E-state index is 12.1. The van der Waals surface area contributed by atoms with Crippen molar-refractivity contribution < 1.29 is 14.6 Å². The minimum atomic E-state index is -1.29. The van der Waals surface area contributed by atoms with Crippen LogP contribution in [0.4, 0.5) is 11.8 Å². The number of halogens is 1. The van der Waals surface area contributed by atoms with Crippen molar-refractivity contribution in [3.8, 4) is 0 Å². The van der Waals surface area contributed by atoms with Crippen LogP contribution >= 0.6 is 11.6 Å². The zero-order valence-electron chi connectivity index (χ0n) is 19.2. The molecule has 4 heterocycles. The molecule has 2 aliphatic rings. The van der Waals surface area contributed by atoms with E-state index in [-0.39, 0.29) is 6.04 Å². The van der Waals surface area contributed by atoms with Gasteiger partial charge in [0.1, 0.15) is 11.3 Å². The largest absolute Gasteiger partial charge is 0.378 e. The summed E-state index contributed by atoms with van der Waals surface area (Å²) in [5.74, 6) is 1.35. The highest BCUT2D eigenvalue weighted by Crippen LogP contribution is 2.28. The summed E-state index contributed by atoms with van der Waals surface area (Å²) in [6, 6.07) is 6.21. The van der Waals surface area contributed by atoms with E-state index in [0.29, 0.717) is 47.4 Å². The third-order valence-electron chi connectivity index (χ3n) is 6.53. The fourth-order valence-corrected chi connectivity index (χ4v) is 4.58. The Morgan fingerprint density at radius 1 is 1.09 bits per heavy atom. The molecule has 2 fully saturated rings. The zero-order valence-corrected chi connectivity index (χ0v) is 19.9. The Kier molecular flexibility index (Phi) is 7.21. The van der Waals surface area contributed by atoms with Gasteiger partial charge < -0.3 is 25.8 Å². The molecule has 35 heavy (non-hydrogen) atoms. The number of carbonyl (C=O) groups excluding carboxylic acids is 1. The van der Waals surface area contributed by atoms with Crippen LogP contribution in [0.25, 0.3) is 10.9 Å². The molecule has 1 aliphatic heterocycles. The van der Waals surface area contributed by atoms with Gasteiger partial charge in [-0.2, -0.15) is 0 Å². The number of rotatable bonds is 8. The number of ether oxygens (including phenoxy) is 1. The Morgan fingerprint density at radius 3 is 2.57 bits per heavy atom. The summed E-state index contributed by atoms with van der Waals surface area (Å²) in [7, 11) is 0. The number of aromatic nitrogens is 4. The second-order valence-electron chi connectivity index (χ2n) is 9.10. The average Bonchev–Trinajstić information content (AvgIpc) is 2.86. The molecule has 10 nitrogen and oxygen atoms in total. The number of aliphatic hydroxyl groups excluding tert-OH is 1. The van der Waals surface area contributed by atoms with Crippen molar-refractivity contribution in [2.75, 3.05) is 30.4 Å². The molecule has 0 bridgehead atoms. The number of hydrogen-bond acceptors (Lipinski definition) is 9. The molecule has 184 valence electrons. The van der Waals surface area contributed by atoms with Gasteiger partial charge in [0.25, 0.3) is 5.91 Å². The van der Waals surface area contributed by atoms with E-state index in [1.807, 2.05) is 18.2 Å². The summed E-state index contributed by atoms with van der Waals surface area (Å²) in [4.78, 5) is 29.3. The van der Waals surface area contributed by atoms with Gasteiger partial charge in [-0.1, -0.05) is 11.6 Å². The summed E-state index contributed by atoms with van der Waals surface area (Å²) < 4.78 is 5.02. The first kappa shape index (κ1) is 23.7. The van der Waals surface area contributed by atoms with Crippen LogP contribution in [0.1, 0.15) is 37.4 Å². The standard InChI is InChI=1S/C24H28ClN7O3/c25-22-20-15(7-8-26-22)3-6-19(32-20)30-17-4-1-14(2-5-17)9-27-24-28-10-16(11-29-24)21(33)23(34)31-18-12-35-13-18/h3,6-8,10-11,14,17-18,21,33H,1-2,4-5,9,12-13H2,(H,30,32)(H,31,34)(H,27,28,29)/t14-,17-,21-/m0/s1. The Morgan fingerprint density at radius 2 is 1.86 bits per heavy atom. The Balaban J connectivity index is 1.06. The lowest BCUT2D eigenvalue weighted by molar-refractivity contribution is -0.133. The van der Waals surface area contributed by atoms with E-state index >= 15 is 0 Å². The van der Waals surface area contributed by atoms with Gasteiger partial charge in [-0.3, -0.25) is 4.79 Å². The highest BCUT2D eigenvalue weighted by molar-refractivity contribution is 6.33. The number of aliphatic hydroxyl groups is 1. The minimum Gasteiger partial charge on any atom is -0.378 e. The Labute approximate surface area is 207 Å². The monoisotopic (exact) mass is 497 g/mol. The van der Waals surface area contributed by atoms with Crippen molar-refractivity contribution in [2.24, 2.45) is 5.92 Å². The maximum Gasteiger partial charge on any atom is 0.253 e. The fourth-order valence-electron chi connectivity index (χ4n) is 4.37. The van der Waals surface area contributed by atoms with Crippen LogP contribution in [0.2, 0.25) is 5.15 Å². The first-order chi connectivity index (χ1) is 17.0. The van der Waals surface area contributed by atoms with Gasteiger partial charge in [0, 0.05) is 42.1 Å². The van der Waals surface area contributed by atoms with Gasteiger partial charge in [0.2, 0.25) is 5.95 Å². The quantitative estimate of drug-likeness (QED) is 0.346. The molecule has 1 aliphatic carbocycles. The Hall–Kier alpha value is -3.08. The van der Waals surface area contributed by atoms with E-state index in [4.69, 9.17) is 16.3 Å². The molecule has 11 heteroatoms. The summed E-state index contributed by atoms with van der Waals surface area (Å²) in [6.07, 6.45) is 7.58. The molecule has 3 aromatic rings. The molecule has 0 unspecified atom stereocenters. The van der Waals surface area contributed by atoms with Gasteiger partial charge in [0.15, 0.2) is 11.3 Å². The van der Waals surface area contributed by atoms with E-state index < -0.39 is 12.0 Å². The summed E-state index contributed by atoms with van der Waals surface area (Å²) >= 11 is 6.19. The van der Waals surface area contributed by atoms with Gasteiger partial charge in [0.05, 0.1) is 19.3 Å². The van der Waals surface area contributed by atoms with Crippen LogP contribution in [-0.4, -0.2) is 62.8 Å². The number of amides is 1. The number of nitrogens with zero attached hydrogens (tertiary/aromatic N) is 4. The molecule has 1 saturated carbocycles. The van der Waals surface area contributed by atoms with Crippen molar-refractivity contribution in [3.05, 3.63) is 47.5 Å². The lowest BCUT2D eigenvalue weighted by atomic mass is 9.86. The minimum absolute atomic E-state index is 0.0380. The maximum atomic E-state index is 12.1. The summed E-state index contributed by atoms with van der Waals surface area (Å²) in [6.45, 7) is 1.72. The lowest BCUT2D eigenvalue weighted by Crippen LogP contribution is -2.50. The number of carbonyl (C=O) groups is 1. The van der Waals surface area contributed by atoms with Crippen molar-refractivity contribution in [3.63, 3.8) is 0 Å². The molecule has 1 atom stereocenters. The van der Waals surface area contributed by atoms with Crippen LogP contribution in [0.5, 0.6) is 0 Å². The van der Waals surface area contributed by atoms with E-state index in [1.54, 1.807) is 6.20 Å². The van der Waals surface area contributed by atoms with Crippen molar-refractivity contribution in [1.29, 1.82) is 0 Å². The lowest BCUT2D eigenvalue weighted by Gasteiger charge is -2.29. The van der Waals surface area contributed by atoms with E-state index in [1.165, 1.54) is 12.4 Å². The zero-order chi connectivity index (χ0) is 24.2. The van der Waals surface area contributed by atoms with Gasteiger partial charge in [-0.15, -0.1) is 0 Å². The third-order valence-corrected chi connectivity index (χ3v) is 6.81. The molecule has 0 radical (unpaired) electrons. The second kappa shape index (κ2) is 10.7. The predicted octanol–water partition coefficient (Wildman–Crippen LogP) is 2.70. The topological polar surface area (TPSA) is 134 Å². The number of anilines is 2. The van der Waals surface area contributed by atoms with Gasteiger partial charge in [-0.05, 0) is 49.8 Å². The van der Waals surface area contributed by atoms with Crippen LogP contribution in [0, 0.1) is 5.92 Å². The van der Waals surface area contributed by atoms with E-state index in [9.17, 15) is 9.90 Å². The summed E-state index contributed by atoms with van der Waals surface area (Å²) in [5, 5.41) is 21.1. The number of pyridine rings is 2. The Bertz CT molecular complexity index is 1170. The molecule has 0 spiro atoms. The van der Waals surface area contributed by atoms with E-state index in [2.05, 4.69) is 35.9 Å². The van der Waals surface area contributed by atoms with Gasteiger partial charge >= 0.3 is 0 Å². The molecule has 1 saturated heterocycles. The average molecular weight is 498 g/mol. The SMILES string of the molecule is O=C(NC1COC1)[C@@H](O)c1cnc(NC[C@H]2CC[C@H](Nc3ccc4ccnc(Cl)c4n3)CC2)nc1. The molecular weight excluding hydrogens is 470 g/mol. The van der Waals surface area contributed by atoms with Crippen molar-refractivity contribution >= 4 is 40.2 Å². The van der Waals surface area contributed by atoms with E-state index in [0.717, 1.165) is 43.4 Å².